The number of benzene rings is 3. The van der Waals surface area contributed by atoms with Gasteiger partial charge in [-0.1, -0.05) is 48.5 Å². The van der Waals surface area contributed by atoms with E-state index in [-0.39, 0.29) is 11.5 Å². The molecule has 0 amide bonds. The highest BCUT2D eigenvalue weighted by Crippen LogP contribution is 2.40. The third-order valence-electron chi connectivity index (χ3n) is 4.01. The molecule has 23 heavy (non-hydrogen) atoms. The molecule has 0 saturated heterocycles. The fourth-order valence-corrected chi connectivity index (χ4v) is 2.90. The Labute approximate surface area is 133 Å². The molecule has 110 valence electrons. The number of aromatic hydroxyl groups is 1. The van der Waals surface area contributed by atoms with Crippen molar-refractivity contribution < 1.29 is 9.90 Å². The van der Waals surface area contributed by atoms with Crippen molar-refractivity contribution in [2.24, 2.45) is 4.99 Å². The van der Waals surface area contributed by atoms with Crippen LogP contribution in [-0.4, -0.2) is 17.1 Å². The first kappa shape index (κ1) is 13.5. The molecule has 3 nitrogen and oxygen atoms in total. The minimum absolute atomic E-state index is 0.000587. The van der Waals surface area contributed by atoms with E-state index in [1.807, 2.05) is 48.5 Å². The lowest BCUT2D eigenvalue weighted by molar-refractivity contribution is 0.104. The SMILES string of the molecule is O=C1c2ccccc2-c2cccc(N=Cc3ccccc3O)c21. The van der Waals surface area contributed by atoms with Crippen LogP contribution < -0.4 is 0 Å². The molecule has 0 aromatic heterocycles. The molecule has 3 heteroatoms. The summed E-state index contributed by atoms with van der Waals surface area (Å²) in [5.74, 6) is 0.166. The minimum atomic E-state index is 0.000587. The van der Waals surface area contributed by atoms with Crippen molar-refractivity contribution in [3.63, 3.8) is 0 Å². The van der Waals surface area contributed by atoms with Crippen LogP contribution in [0.2, 0.25) is 0 Å². The van der Waals surface area contributed by atoms with E-state index >= 15 is 0 Å². The highest BCUT2D eigenvalue weighted by Gasteiger charge is 2.28. The van der Waals surface area contributed by atoms with Crippen molar-refractivity contribution >= 4 is 17.7 Å². The third-order valence-corrected chi connectivity index (χ3v) is 4.01. The molecule has 0 radical (unpaired) electrons. The number of nitrogens with zero attached hydrogens (tertiary/aromatic N) is 1. The van der Waals surface area contributed by atoms with Gasteiger partial charge in [-0.15, -0.1) is 0 Å². The van der Waals surface area contributed by atoms with E-state index in [0.717, 1.165) is 11.1 Å². The highest BCUT2D eigenvalue weighted by atomic mass is 16.3. The van der Waals surface area contributed by atoms with Crippen LogP contribution in [0.4, 0.5) is 5.69 Å². The summed E-state index contributed by atoms with van der Waals surface area (Å²) >= 11 is 0. The van der Waals surface area contributed by atoms with E-state index in [4.69, 9.17) is 0 Å². The van der Waals surface area contributed by atoms with Crippen molar-refractivity contribution in [2.45, 2.75) is 0 Å². The lowest BCUT2D eigenvalue weighted by Crippen LogP contribution is -1.95. The summed E-state index contributed by atoms with van der Waals surface area (Å²) < 4.78 is 0. The number of rotatable bonds is 2. The monoisotopic (exact) mass is 299 g/mol. The third kappa shape index (κ3) is 2.14. The lowest BCUT2D eigenvalue weighted by atomic mass is 10.1. The Morgan fingerprint density at radius 2 is 1.48 bits per heavy atom. The molecule has 1 aliphatic rings. The lowest BCUT2D eigenvalue weighted by Gasteiger charge is -2.03. The van der Waals surface area contributed by atoms with Gasteiger partial charge in [0.15, 0.2) is 5.78 Å². The smallest absolute Gasteiger partial charge is 0.196 e. The van der Waals surface area contributed by atoms with Gasteiger partial charge in [0.2, 0.25) is 0 Å². The molecule has 0 bridgehead atoms. The van der Waals surface area contributed by atoms with Gasteiger partial charge in [-0.2, -0.15) is 0 Å². The molecule has 1 N–H and O–H groups in total. The van der Waals surface area contributed by atoms with Crippen molar-refractivity contribution in [2.75, 3.05) is 0 Å². The fourth-order valence-electron chi connectivity index (χ4n) is 2.90. The minimum Gasteiger partial charge on any atom is -0.507 e. The molecule has 3 aromatic rings. The van der Waals surface area contributed by atoms with Crippen molar-refractivity contribution in [1.82, 2.24) is 0 Å². The average molecular weight is 299 g/mol. The van der Waals surface area contributed by atoms with E-state index in [9.17, 15) is 9.90 Å². The van der Waals surface area contributed by atoms with E-state index < -0.39 is 0 Å². The van der Waals surface area contributed by atoms with Gasteiger partial charge in [0.1, 0.15) is 5.75 Å². The Hall–Kier alpha value is -3.20. The quantitative estimate of drug-likeness (QED) is 0.559. The Morgan fingerprint density at radius 1 is 0.783 bits per heavy atom. The molecule has 0 saturated carbocycles. The molecule has 0 spiro atoms. The second-order valence-electron chi connectivity index (χ2n) is 5.39. The number of fused-ring (bicyclic) bond motifs is 3. The average Bonchev–Trinajstić information content (AvgIpc) is 2.88. The number of hydrogen-bond acceptors (Lipinski definition) is 3. The number of phenols is 1. The number of hydrogen-bond donors (Lipinski definition) is 1. The predicted molar refractivity (Wildman–Crippen MR) is 90.7 cm³/mol. The summed E-state index contributed by atoms with van der Waals surface area (Å²) in [6.45, 7) is 0. The zero-order valence-corrected chi connectivity index (χ0v) is 12.2. The first-order valence-corrected chi connectivity index (χ1v) is 7.35. The van der Waals surface area contributed by atoms with Crippen LogP contribution in [0.25, 0.3) is 11.1 Å². The Morgan fingerprint density at radius 3 is 2.30 bits per heavy atom. The van der Waals surface area contributed by atoms with Gasteiger partial charge in [0.25, 0.3) is 0 Å². The molecule has 0 unspecified atom stereocenters. The maximum Gasteiger partial charge on any atom is 0.196 e. The van der Waals surface area contributed by atoms with E-state index in [1.54, 1.807) is 24.4 Å². The Kier molecular flexibility index (Phi) is 3.05. The molecular formula is C20H13NO2. The molecule has 0 atom stereocenters. The molecule has 0 fully saturated rings. The first-order valence-electron chi connectivity index (χ1n) is 7.35. The summed E-state index contributed by atoms with van der Waals surface area (Å²) in [6, 6.07) is 20.2. The summed E-state index contributed by atoms with van der Waals surface area (Å²) in [5.41, 5.74) is 4.44. The number of aliphatic imine (C=N–C) groups is 1. The zero-order chi connectivity index (χ0) is 15.8. The van der Waals surface area contributed by atoms with Gasteiger partial charge < -0.3 is 5.11 Å². The molecule has 3 aromatic carbocycles. The van der Waals surface area contributed by atoms with Crippen LogP contribution in [0, 0.1) is 0 Å². The standard InChI is InChI=1S/C20H13NO2/c22-18-11-4-1-6-13(18)12-21-17-10-5-9-15-14-7-2-3-8-16(14)20(23)19(15)17/h1-12,22H. The van der Waals surface area contributed by atoms with E-state index in [2.05, 4.69) is 4.99 Å². The topological polar surface area (TPSA) is 49.7 Å². The van der Waals surface area contributed by atoms with Crippen molar-refractivity contribution in [3.8, 4) is 16.9 Å². The summed E-state index contributed by atoms with van der Waals surface area (Å²) in [5, 5.41) is 9.82. The predicted octanol–water partition coefficient (Wildman–Crippen LogP) is 4.35. The number of carbonyl (C=O) groups excluding carboxylic acids is 1. The van der Waals surface area contributed by atoms with E-state index in [1.165, 1.54) is 0 Å². The fraction of sp³-hybridized carbons (Fsp3) is 0. The maximum absolute atomic E-state index is 12.7. The largest absolute Gasteiger partial charge is 0.507 e. The van der Waals surface area contributed by atoms with Gasteiger partial charge in [-0.25, -0.2) is 0 Å². The highest BCUT2D eigenvalue weighted by molar-refractivity contribution is 6.24. The van der Waals surface area contributed by atoms with Gasteiger partial charge in [-0.05, 0) is 29.3 Å². The Bertz CT molecular complexity index is 957. The summed E-state index contributed by atoms with van der Waals surface area (Å²) in [7, 11) is 0. The number of phenolic OH excluding ortho intramolecular Hbond substituents is 1. The van der Waals surface area contributed by atoms with Gasteiger partial charge in [-0.3, -0.25) is 9.79 Å². The van der Waals surface area contributed by atoms with Crippen molar-refractivity contribution in [1.29, 1.82) is 0 Å². The van der Waals surface area contributed by atoms with E-state index in [0.29, 0.717) is 22.4 Å². The van der Waals surface area contributed by atoms with Crippen LogP contribution in [0.1, 0.15) is 21.5 Å². The first-order chi connectivity index (χ1) is 11.3. The van der Waals surface area contributed by atoms with Gasteiger partial charge in [0.05, 0.1) is 11.3 Å². The number of para-hydroxylation sites is 1. The molecule has 0 aliphatic heterocycles. The maximum atomic E-state index is 12.7. The Balaban J connectivity index is 1.82. The molecule has 1 aliphatic carbocycles. The summed E-state index contributed by atoms with van der Waals surface area (Å²) in [4.78, 5) is 17.1. The van der Waals surface area contributed by atoms with Crippen LogP contribution in [0.3, 0.4) is 0 Å². The zero-order valence-electron chi connectivity index (χ0n) is 12.2. The van der Waals surface area contributed by atoms with Crippen LogP contribution in [-0.2, 0) is 0 Å². The molecular weight excluding hydrogens is 286 g/mol. The van der Waals surface area contributed by atoms with Crippen molar-refractivity contribution in [3.05, 3.63) is 83.4 Å². The normalized spacial score (nSPS) is 12.4. The summed E-state index contributed by atoms with van der Waals surface area (Å²) in [6.07, 6.45) is 1.58. The molecule has 4 rings (SSSR count). The number of ketones is 1. The molecule has 0 heterocycles. The second kappa shape index (κ2) is 5.21. The number of carbonyl (C=O) groups is 1. The van der Waals surface area contributed by atoms with Crippen LogP contribution in [0.15, 0.2) is 71.7 Å². The second-order valence-corrected chi connectivity index (χ2v) is 5.39. The van der Waals surface area contributed by atoms with Gasteiger partial charge in [0, 0.05) is 17.3 Å². The van der Waals surface area contributed by atoms with Crippen LogP contribution in [0.5, 0.6) is 5.75 Å². The van der Waals surface area contributed by atoms with Crippen LogP contribution >= 0.6 is 0 Å². The van der Waals surface area contributed by atoms with Gasteiger partial charge >= 0.3 is 0 Å².